The lowest BCUT2D eigenvalue weighted by Gasteiger charge is -2.22. The summed E-state index contributed by atoms with van der Waals surface area (Å²) in [6.07, 6.45) is 3.61. The first kappa shape index (κ1) is 22.1. The molecule has 1 amide bonds. The maximum Gasteiger partial charge on any atom is 0.407 e. The molecule has 3 aromatic rings. The second kappa shape index (κ2) is 12.2. The first-order valence-corrected chi connectivity index (χ1v) is 11.3. The molecule has 0 aromatic heterocycles. The highest BCUT2D eigenvalue weighted by molar-refractivity contribution is 9.09. The predicted octanol–water partition coefficient (Wildman–Crippen LogP) is 6.83. The summed E-state index contributed by atoms with van der Waals surface area (Å²) >= 11 is 3.82. The molecule has 0 aliphatic heterocycles. The lowest BCUT2D eigenvalue weighted by atomic mass is 9.99. The molecule has 0 bridgehead atoms. The minimum absolute atomic E-state index is 0.101. The molecule has 0 aliphatic carbocycles. The average molecular weight is 466 g/mol. The molecule has 3 aromatic carbocycles. The van der Waals surface area contributed by atoms with Crippen molar-refractivity contribution in [3.8, 4) is 0 Å². The van der Waals surface area contributed by atoms with Crippen molar-refractivity contribution in [3.05, 3.63) is 108 Å². The third-order valence-electron chi connectivity index (χ3n) is 5.02. The summed E-state index contributed by atoms with van der Waals surface area (Å²) in [6.45, 7) is 0.267. The van der Waals surface area contributed by atoms with Gasteiger partial charge in [-0.25, -0.2) is 4.79 Å². The van der Waals surface area contributed by atoms with Gasteiger partial charge in [-0.15, -0.1) is 0 Å². The van der Waals surface area contributed by atoms with Crippen LogP contribution in [0.1, 0.15) is 42.0 Å². The number of aryl methyl sites for hydroxylation is 1. The third-order valence-corrected chi connectivity index (χ3v) is 5.86. The van der Waals surface area contributed by atoms with Gasteiger partial charge in [0.1, 0.15) is 6.61 Å². The molecule has 0 spiro atoms. The number of benzene rings is 3. The average Bonchev–Trinajstić information content (AvgIpc) is 2.79. The van der Waals surface area contributed by atoms with Gasteiger partial charge in [-0.3, -0.25) is 0 Å². The summed E-state index contributed by atoms with van der Waals surface area (Å²) in [5.74, 6) is 0. The first-order chi connectivity index (χ1) is 14.7. The van der Waals surface area contributed by atoms with E-state index in [4.69, 9.17) is 4.74 Å². The Bertz CT molecular complexity index is 871. The molecule has 4 heteroatoms. The van der Waals surface area contributed by atoms with Gasteiger partial charge in [-0.1, -0.05) is 107 Å². The van der Waals surface area contributed by atoms with E-state index in [9.17, 15) is 4.79 Å². The van der Waals surface area contributed by atoms with Crippen LogP contribution in [0.2, 0.25) is 0 Å². The molecule has 2 atom stereocenters. The molecule has 0 heterocycles. The van der Waals surface area contributed by atoms with Crippen molar-refractivity contribution in [3.63, 3.8) is 0 Å². The normalized spacial score (nSPS) is 12.7. The highest BCUT2D eigenvalue weighted by Gasteiger charge is 2.19. The number of amides is 1. The van der Waals surface area contributed by atoms with E-state index in [1.807, 2.05) is 66.7 Å². The largest absolute Gasteiger partial charge is 0.445 e. The summed E-state index contributed by atoms with van der Waals surface area (Å²) in [5.41, 5.74) is 3.42. The number of nitrogens with one attached hydrogen (secondary N) is 1. The van der Waals surface area contributed by atoms with Crippen molar-refractivity contribution in [1.82, 2.24) is 5.32 Å². The van der Waals surface area contributed by atoms with Crippen LogP contribution in [0.15, 0.2) is 91.0 Å². The van der Waals surface area contributed by atoms with Crippen LogP contribution in [0.25, 0.3) is 0 Å². The van der Waals surface area contributed by atoms with Gasteiger partial charge in [-0.05, 0) is 42.4 Å². The van der Waals surface area contributed by atoms with Gasteiger partial charge in [-0.2, -0.15) is 0 Å². The topological polar surface area (TPSA) is 38.3 Å². The SMILES string of the molecule is O=C(NC(CC(Br)CCCc1ccccc1)c1ccccc1)OCc1ccccc1. The fourth-order valence-electron chi connectivity index (χ4n) is 3.42. The Labute approximate surface area is 187 Å². The molecule has 0 saturated heterocycles. The molecular formula is C26H28BrNO2. The third kappa shape index (κ3) is 7.68. The van der Waals surface area contributed by atoms with Crippen LogP contribution in [0.5, 0.6) is 0 Å². The highest BCUT2D eigenvalue weighted by atomic mass is 79.9. The van der Waals surface area contributed by atoms with Gasteiger partial charge >= 0.3 is 6.09 Å². The van der Waals surface area contributed by atoms with Crippen LogP contribution in [0.4, 0.5) is 4.79 Å². The van der Waals surface area contributed by atoms with Crippen molar-refractivity contribution in [2.24, 2.45) is 0 Å². The number of alkyl carbamates (subject to hydrolysis) is 1. The maximum absolute atomic E-state index is 12.4. The number of carbonyl (C=O) groups is 1. The molecule has 1 N–H and O–H groups in total. The molecule has 0 radical (unpaired) electrons. The lowest BCUT2D eigenvalue weighted by molar-refractivity contribution is 0.135. The molecule has 0 fully saturated rings. The fourth-order valence-corrected chi connectivity index (χ4v) is 4.11. The summed E-state index contributed by atoms with van der Waals surface area (Å²) < 4.78 is 5.44. The zero-order valence-electron chi connectivity index (χ0n) is 17.0. The second-order valence-corrected chi connectivity index (χ2v) is 8.68. The van der Waals surface area contributed by atoms with E-state index in [1.165, 1.54) is 5.56 Å². The summed E-state index contributed by atoms with van der Waals surface area (Å²) in [4.78, 5) is 12.7. The first-order valence-electron chi connectivity index (χ1n) is 10.4. The summed E-state index contributed by atoms with van der Waals surface area (Å²) in [5, 5.41) is 3.05. The van der Waals surface area contributed by atoms with E-state index in [0.717, 1.165) is 36.8 Å². The zero-order chi connectivity index (χ0) is 21.0. The Morgan fingerprint density at radius 2 is 1.40 bits per heavy atom. The van der Waals surface area contributed by atoms with E-state index >= 15 is 0 Å². The minimum atomic E-state index is -0.392. The van der Waals surface area contributed by atoms with Crippen LogP contribution >= 0.6 is 15.9 Å². The molecule has 0 aliphatic rings. The Morgan fingerprint density at radius 1 is 0.833 bits per heavy atom. The van der Waals surface area contributed by atoms with Crippen LogP contribution in [0, 0.1) is 0 Å². The molecule has 3 nitrogen and oxygen atoms in total. The van der Waals surface area contributed by atoms with Gasteiger partial charge in [0.15, 0.2) is 0 Å². The van der Waals surface area contributed by atoms with Gasteiger partial charge < -0.3 is 10.1 Å². The zero-order valence-corrected chi connectivity index (χ0v) is 18.6. The molecule has 2 unspecified atom stereocenters. The highest BCUT2D eigenvalue weighted by Crippen LogP contribution is 2.25. The predicted molar refractivity (Wildman–Crippen MR) is 126 cm³/mol. The second-order valence-electron chi connectivity index (χ2n) is 7.38. The van der Waals surface area contributed by atoms with E-state index in [0.29, 0.717) is 4.83 Å². The van der Waals surface area contributed by atoms with Crippen molar-refractivity contribution >= 4 is 22.0 Å². The van der Waals surface area contributed by atoms with Crippen LogP contribution < -0.4 is 5.32 Å². The number of hydrogen-bond acceptors (Lipinski definition) is 2. The van der Waals surface area contributed by atoms with Crippen molar-refractivity contribution in [1.29, 1.82) is 0 Å². The molecule has 0 saturated carbocycles. The smallest absolute Gasteiger partial charge is 0.407 e. The number of halogens is 1. The number of rotatable bonds is 10. The van der Waals surface area contributed by atoms with Crippen molar-refractivity contribution in [2.75, 3.05) is 0 Å². The van der Waals surface area contributed by atoms with Crippen LogP contribution in [-0.4, -0.2) is 10.9 Å². The number of carbonyl (C=O) groups excluding carboxylic acids is 1. The molecular weight excluding hydrogens is 438 g/mol. The standard InChI is InChI=1S/C26H28BrNO2/c27-24(18-10-15-21-11-4-1-5-12-21)19-25(23-16-8-3-9-17-23)28-26(29)30-20-22-13-6-2-7-14-22/h1-9,11-14,16-17,24-25H,10,15,18-20H2,(H,28,29). The molecule has 3 rings (SSSR count). The van der Waals surface area contributed by atoms with Gasteiger partial charge in [0.25, 0.3) is 0 Å². The quantitative estimate of drug-likeness (QED) is 0.333. The summed E-state index contributed by atoms with van der Waals surface area (Å²) in [6, 6.07) is 30.2. The van der Waals surface area contributed by atoms with E-state index in [2.05, 4.69) is 45.5 Å². The Morgan fingerprint density at radius 3 is 2.03 bits per heavy atom. The summed E-state index contributed by atoms with van der Waals surface area (Å²) in [7, 11) is 0. The Kier molecular flexibility index (Phi) is 8.98. The monoisotopic (exact) mass is 465 g/mol. The van der Waals surface area contributed by atoms with Crippen LogP contribution in [-0.2, 0) is 17.8 Å². The van der Waals surface area contributed by atoms with E-state index in [-0.39, 0.29) is 12.6 Å². The van der Waals surface area contributed by atoms with Gasteiger partial charge in [0, 0.05) is 4.83 Å². The minimum Gasteiger partial charge on any atom is -0.445 e. The van der Waals surface area contributed by atoms with Crippen molar-refractivity contribution < 1.29 is 9.53 Å². The van der Waals surface area contributed by atoms with E-state index in [1.54, 1.807) is 0 Å². The van der Waals surface area contributed by atoms with Crippen molar-refractivity contribution in [2.45, 2.75) is 43.2 Å². The fraction of sp³-hybridized carbons (Fsp3) is 0.269. The molecule has 156 valence electrons. The van der Waals surface area contributed by atoms with Gasteiger partial charge in [0.2, 0.25) is 0 Å². The Balaban J connectivity index is 1.52. The number of alkyl halides is 1. The number of hydrogen-bond donors (Lipinski definition) is 1. The Hall–Kier alpha value is -2.59. The number of ether oxygens (including phenoxy) is 1. The van der Waals surface area contributed by atoms with E-state index < -0.39 is 6.09 Å². The van der Waals surface area contributed by atoms with Gasteiger partial charge in [0.05, 0.1) is 6.04 Å². The maximum atomic E-state index is 12.4. The lowest BCUT2D eigenvalue weighted by Crippen LogP contribution is -2.30. The molecule has 30 heavy (non-hydrogen) atoms. The van der Waals surface area contributed by atoms with Crippen LogP contribution in [0.3, 0.4) is 0 Å².